The Kier molecular flexibility index (Phi) is 4.88. The fourth-order valence-electron chi connectivity index (χ4n) is 2.66. The molecule has 116 valence electrons. The van der Waals surface area contributed by atoms with E-state index >= 15 is 0 Å². The number of hydrogen-bond donors (Lipinski definition) is 2. The molecule has 0 aromatic heterocycles. The third-order valence-corrected chi connectivity index (χ3v) is 3.92. The molecule has 1 amide bonds. The highest BCUT2D eigenvalue weighted by atomic mass is 19.4. The van der Waals surface area contributed by atoms with Crippen LogP contribution in [0.25, 0.3) is 0 Å². The number of nitrogens with one attached hydrogen (secondary N) is 1. The fraction of sp³-hybridized carbons (Fsp3) is 0.533. The molecule has 0 spiro atoms. The standard InChI is InChI=1S/C15H19F3N2O/c16-15(17,18)13-4-2-1-3-11(13)9-20-14(21)10-5-7-12(19)8-6-10/h1-4,10,12H,5-9,19H2,(H,20,21)/t10-,12+. The minimum Gasteiger partial charge on any atom is -0.352 e. The third kappa shape index (κ3) is 4.20. The fourth-order valence-corrected chi connectivity index (χ4v) is 2.66. The number of amides is 1. The first kappa shape index (κ1) is 15.8. The maximum atomic E-state index is 12.8. The van der Waals surface area contributed by atoms with Gasteiger partial charge in [0.05, 0.1) is 5.56 Å². The minimum absolute atomic E-state index is 0.0888. The van der Waals surface area contributed by atoms with E-state index in [4.69, 9.17) is 5.73 Å². The first-order chi connectivity index (χ1) is 9.88. The Morgan fingerprint density at radius 1 is 1.19 bits per heavy atom. The first-order valence-electron chi connectivity index (χ1n) is 7.06. The summed E-state index contributed by atoms with van der Waals surface area (Å²) >= 11 is 0. The molecule has 21 heavy (non-hydrogen) atoms. The predicted octanol–water partition coefficient (Wildman–Crippen LogP) is 2.84. The number of benzene rings is 1. The van der Waals surface area contributed by atoms with E-state index in [1.54, 1.807) is 0 Å². The summed E-state index contributed by atoms with van der Waals surface area (Å²) in [5.41, 5.74) is 5.16. The molecule has 0 atom stereocenters. The quantitative estimate of drug-likeness (QED) is 0.902. The molecule has 3 N–H and O–H groups in total. The highest BCUT2D eigenvalue weighted by Crippen LogP contribution is 2.32. The van der Waals surface area contributed by atoms with Crippen molar-refractivity contribution in [1.29, 1.82) is 0 Å². The summed E-state index contributed by atoms with van der Waals surface area (Å²) in [4.78, 5) is 12.0. The summed E-state index contributed by atoms with van der Waals surface area (Å²) in [5, 5.41) is 2.62. The van der Waals surface area contributed by atoms with Gasteiger partial charge in [-0.2, -0.15) is 13.2 Å². The van der Waals surface area contributed by atoms with Crippen LogP contribution in [-0.2, 0) is 17.5 Å². The molecular formula is C15H19F3N2O. The number of alkyl halides is 3. The van der Waals surface area contributed by atoms with E-state index in [0.717, 1.165) is 18.9 Å². The van der Waals surface area contributed by atoms with Crippen molar-refractivity contribution >= 4 is 5.91 Å². The molecule has 1 saturated carbocycles. The van der Waals surface area contributed by atoms with Gasteiger partial charge in [0, 0.05) is 18.5 Å². The van der Waals surface area contributed by atoms with Gasteiger partial charge in [0.25, 0.3) is 0 Å². The van der Waals surface area contributed by atoms with Crippen LogP contribution in [0, 0.1) is 5.92 Å². The summed E-state index contributed by atoms with van der Waals surface area (Å²) in [6, 6.07) is 5.44. The van der Waals surface area contributed by atoms with Crippen LogP contribution in [-0.4, -0.2) is 11.9 Å². The van der Waals surface area contributed by atoms with Crippen molar-refractivity contribution in [3.63, 3.8) is 0 Å². The van der Waals surface area contributed by atoms with Crippen molar-refractivity contribution in [2.24, 2.45) is 11.7 Å². The van der Waals surface area contributed by atoms with Crippen LogP contribution in [0.4, 0.5) is 13.2 Å². The van der Waals surface area contributed by atoms with Gasteiger partial charge in [-0.25, -0.2) is 0 Å². The molecule has 1 aliphatic carbocycles. The van der Waals surface area contributed by atoms with E-state index < -0.39 is 11.7 Å². The van der Waals surface area contributed by atoms with Crippen LogP contribution >= 0.6 is 0 Å². The van der Waals surface area contributed by atoms with Crippen molar-refractivity contribution in [3.8, 4) is 0 Å². The Morgan fingerprint density at radius 3 is 2.43 bits per heavy atom. The van der Waals surface area contributed by atoms with Gasteiger partial charge < -0.3 is 11.1 Å². The normalized spacial score (nSPS) is 22.9. The van der Waals surface area contributed by atoms with Crippen LogP contribution in [0.5, 0.6) is 0 Å². The monoisotopic (exact) mass is 300 g/mol. The summed E-state index contributed by atoms with van der Waals surface area (Å²) < 4.78 is 38.5. The predicted molar refractivity (Wildman–Crippen MR) is 73.2 cm³/mol. The SMILES string of the molecule is N[C@H]1CC[C@@H](C(=O)NCc2ccccc2C(F)(F)F)CC1. The molecule has 0 heterocycles. The van der Waals surface area contributed by atoms with Crippen LogP contribution in [0.15, 0.2) is 24.3 Å². The summed E-state index contributed by atoms with van der Waals surface area (Å²) in [7, 11) is 0. The Balaban J connectivity index is 1.96. The second kappa shape index (κ2) is 6.47. The lowest BCUT2D eigenvalue weighted by Gasteiger charge is -2.25. The topological polar surface area (TPSA) is 55.1 Å². The Bertz CT molecular complexity index is 494. The van der Waals surface area contributed by atoms with Crippen molar-refractivity contribution < 1.29 is 18.0 Å². The summed E-state index contributed by atoms with van der Waals surface area (Å²) in [6.07, 6.45) is -1.42. The largest absolute Gasteiger partial charge is 0.416 e. The Hall–Kier alpha value is -1.56. The Labute approximate surface area is 121 Å². The Morgan fingerprint density at radius 2 is 1.81 bits per heavy atom. The van der Waals surface area contributed by atoms with Crippen molar-refractivity contribution in [2.45, 2.75) is 44.4 Å². The van der Waals surface area contributed by atoms with Gasteiger partial charge in [0.1, 0.15) is 0 Å². The molecule has 0 saturated heterocycles. The van der Waals surface area contributed by atoms with E-state index in [1.165, 1.54) is 18.2 Å². The number of hydrogen-bond acceptors (Lipinski definition) is 2. The van der Waals surface area contributed by atoms with Crippen molar-refractivity contribution in [3.05, 3.63) is 35.4 Å². The van der Waals surface area contributed by atoms with Gasteiger partial charge in [-0.15, -0.1) is 0 Å². The molecule has 0 aliphatic heterocycles. The molecule has 1 aromatic carbocycles. The van der Waals surface area contributed by atoms with Gasteiger partial charge in [0.2, 0.25) is 5.91 Å². The lowest BCUT2D eigenvalue weighted by atomic mass is 9.86. The molecule has 6 heteroatoms. The number of carbonyl (C=O) groups excluding carboxylic acids is 1. The van der Waals surface area contributed by atoms with Crippen LogP contribution in [0.3, 0.4) is 0 Å². The van der Waals surface area contributed by atoms with Gasteiger partial charge in [-0.3, -0.25) is 4.79 Å². The number of nitrogens with two attached hydrogens (primary N) is 1. The molecule has 2 rings (SSSR count). The molecule has 1 aliphatic rings. The van der Waals surface area contributed by atoms with Crippen molar-refractivity contribution in [1.82, 2.24) is 5.32 Å². The second-order valence-corrected chi connectivity index (χ2v) is 5.48. The van der Waals surface area contributed by atoms with E-state index in [-0.39, 0.29) is 30.0 Å². The highest BCUT2D eigenvalue weighted by Gasteiger charge is 2.33. The van der Waals surface area contributed by atoms with Gasteiger partial charge >= 0.3 is 6.18 Å². The van der Waals surface area contributed by atoms with E-state index in [2.05, 4.69) is 5.32 Å². The first-order valence-corrected chi connectivity index (χ1v) is 7.06. The average molecular weight is 300 g/mol. The molecule has 0 unspecified atom stereocenters. The summed E-state index contributed by atoms with van der Waals surface area (Å²) in [5.74, 6) is -0.318. The molecule has 0 bridgehead atoms. The molecule has 3 nitrogen and oxygen atoms in total. The molecular weight excluding hydrogens is 281 g/mol. The van der Waals surface area contributed by atoms with Crippen molar-refractivity contribution in [2.75, 3.05) is 0 Å². The van der Waals surface area contributed by atoms with E-state index in [0.29, 0.717) is 12.8 Å². The van der Waals surface area contributed by atoms with E-state index in [9.17, 15) is 18.0 Å². The smallest absolute Gasteiger partial charge is 0.352 e. The highest BCUT2D eigenvalue weighted by molar-refractivity contribution is 5.78. The lowest BCUT2D eigenvalue weighted by molar-refractivity contribution is -0.138. The summed E-state index contributed by atoms with van der Waals surface area (Å²) in [6.45, 7) is -0.100. The lowest BCUT2D eigenvalue weighted by Crippen LogP contribution is -2.36. The van der Waals surface area contributed by atoms with Crippen LogP contribution in [0.1, 0.15) is 36.8 Å². The number of rotatable bonds is 3. The van der Waals surface area contributed by atoms with Gasteiger partial charge in [-0.1, -0.05) is 18.2 Å². The average Bonchev–Trinajstić information content (AvgIpc) is 2.45. The second-order valence-electron chi connectivity index (χ2n) is 5.48. The maximum Gasteiger partial charge on any atom is 0.416 e. The number of carbonyl (C=O) groups is 1. The zero-order valence-corrected chi connectivity index (χ0v) is 11.6. The molecule has 1 fully saturated rings. The zero-order chi connectivity index (χ0) is 15.5. The van der Waals surface area contributed by atoms with Crippen LogP contribution < -0.4 is 11.1 Å². The molecule has 1 aromatic rings. The van der Waals surface area contributed by atoms with E-state index in [1.807, 2.05) is 0 Å². The van der Waals surface area contributed by atoms with Gasteiger partial charge in [-0.05, 0) is 37.3 Å². The van der Waals surface area contributed by atoms with Crippen LogP contribution in [0.2, 0.25) is 0 Å². The van der Waals surface area contributed by atoms with Gasteiger partial charge in [0.15, 0.2) is 0 Å². The maximum absolute atomic E-state index is 12.8. The molecule has 0 radical (unpaired) electrons. The minimum atomic E-state index is -4.40. The number of halogens is 3. The third-order valence-electron chi connectivity index (χ3n) is 3.92. The zero-order valence-electron chi connectivity index (χ0n) is 11.6.